The van der Waals surface area contributed by atoms with E-state index >= 15 is 0 Å². The third-order valence-corrected chi connectivity index (χ3v) is 6.95. The van der Waals surface area contributed by atoms with E-state index in [4.69, 9.17) is 14.5 Å². The number of esters is 1. The highest BCUT2D eigenvalue weighted by Gasteiger charge is 2.28. The normalized spacial score (nSPS) is 16.3. The van der Waals surface area contributed by atoms with Crippen molar-refractivity contribution < 1.29 is 19.1 Å². The van der Waals surface area contributed by atoms with Crippen LogP contribution in [0.5, 0.6) is 5.75 Å². The Morgan fingerprint density at radius 1 is 1.32 bits per heavy atom. The maximum Gasteiger partial charge on any atom is 0.311 e. The number of nitrogens with zero attached hydrogens (tertiary/aromatic N) is 3. The smallest absolute Gasteiger partial charge is 0.311 e. The first kappa shape index (κ1) is 21.5. The number of methoxy groups -OCH3 is 1. The van der Waals surface area contributed by atoms with Crippen LogP contribution in [0.25, 0.3) is 10.2 Å². The number of thiazole rings is 2. The second kappa shape index (κ2) is 9.61. The van der Waals surface area contributed by atoms with E-state index in [-0.39, 0.29) is 24.2 Å². The number of carbonyl (C=O) groups excluding carboxylic acids is 2. The topological polar surface area (TPSA) is 93.7 Å². The minimum atomic E-state index is -0.318. The molecule has 1 amide bonds. The van der Waals surface area contributed by atoms with Gasteiger partial charge in [0.25, 0.3) is 0 Å². The summed E-state index contributed by atoms with van der Waals surface area (Å²) < 4.78 is 11.3. The summed E-state index contributed by atoms with van der Waals surface area (Å²) in [5.74, 6) is 0.295. The molecular formula is C21H24N4O4S2. The number of benzene rings is 1. The number of anilines is 2. The molecule has 0 radical (unpaired) electrons. The summed E-state index contributed by atoms with van der Waals surface area (Å²) in [5, 5.41) is 6.11. The highest BCUT2D eigenvalue weighted by atomic mass is 32.1. The Labute approximate surface area is 188 Å². The molecule has 164 valence electrons. The summed E-state index contributed by atoms with van der Waals surface area (Å²) >= 11 is 2.93. The van der Waals surface area contributed by atoms with Crippen LogP contribution in [0.4, 0.5) is 10.3 Å². The number of fused-ring (bicyclic) bond motifs is 1. The number of piperidine rings is 1. The summed E-state index contributed by atoms with van der Waals surface area (Å²) in [6.45, 7) is 3.60. The molecule has 1 N–H and O–H groups in total. The number of amides is 1. The zero-order valence-corrected chi connectivity index (χ0v) is 19.1. The van der Waals surface area contributed by atoms with Gasteiger partial charge in [-0.2, -0.15) is 0 Å². The van der Waals surface area contributed by atoms with Crippen LogP contribution < -0.4 is 15.0 Å². The molecule has 2 aromatic heterocycles. The Balaban J connectivity index is 1.39. The molecule has 1 aliphatic heterocycles. The molecule has 1 atom stereocenters. The highest BCUT2D eigenvalue weighted by Crippen LogP contribution is 2.33. The molecule has 1 unspecified atom stereocenters. The van der Waals surface area contributed by atoms with Crippen LogP contribution in [0.1, 0.15) is 25.5 Å². The molecule has 31 heavy (non-hydrogen) atoms. The number of ether oxygens (including phenoxy) is 2. The lowest BCUT2D eigenvalue weighted by Gasteiger charge is -2.31. The van der Waals surface area contributed by atoms with Crippen LogP contribution in [0.3, 0.4) is 0 Å². The van der Waals surface area contributed by atoms with Crippen LogP contribution in [0, 0.1) is 5.92 Å². The molecule has 4 rings (SSSR count). The molecule has 0 saturated carbocycles. The van der Waals surface area contributed by atoms with Crippen molar-refractivity contribution in [3.05, 3.63) is 29.3 Å². The third kappa shape index (κ3) is 5.13. The maximum atomic E-state index is 12.8. The van der Waals surface area contributed by atoms with E-state index in [0.717, 1.165) is 40.5 Å². The van der Waals surface area contributed by atoms with Crippen molar-refractivity contribution in [3.63, 3.8) is 0 Å². The van der Waals surface area contributed by atoms with Gasteiger partial charge in [0, 0.05) is 18.5 Å². The molecule has 1 saturated heterocycles. The van der Waals surface area contributed by atoms with Crippen molar-refractivity contribution >= 4 is 55.0 Å². The van der Waals surface area contributed by atoms with Gasteiger partial charge in [-0.05, 0) is 38.0 Å². The molecule has 0 aliphatic carbocycles. The lowest BCUT2D eigenvalue weighted by atomic mass is 9.97. The van der Waals surface area contributed by atoms with E-state index < -0.39 is 0 Å². The van der Waals surface area contributed by atoms with Crippen LogP contribution in [-0.2, 0) is 20.7 Å². The summed E-state index contributed by atoms with van der Waals surface area (Å²) in [4.78, 5) is 35.7. The zero-order chi connectivity index (χ0) is 21.8. The van der Waals surface area contributed by atoms with E-state index in [1.54, 1.807) is 30.8 Å². The van der Waals surface area contributed by atoms with E-state index in [0.29, 0.717) is 24.0 Å². The molecular weight excluding hydrogens is 436 g/mol. The minimum Gasteiger partial charge on any atom is -0.497 e. The first-order valence-corrected chi connectivity index (χ1v) is 11.9. The molecule has 1 aliphatic rings. The van der Waals surface area contributed by atoms with Gasteiger partial charge in [0.2, 0.25) is 5.91 Å². The largest absolute Gasteiger partial charge is 0.497 e. The average Bonchev–Trinajstić information content (AvgIpc) is 3.40. The van der Waals surface area contributed by atoms with Gasteiger partial charge in [0.1, 0.15) is 5.75 Å². The van der Waals surface area contributed by atoms with Gasteiger partial charge in [-0.3, -0.25) is 9.59 Å². The van der Waals surface area contributed by atoms with Crippen LogP contribution in [0.2, 0.25) is 0 Å². The van der Waals surface area contributed by atoms with Crippen molar-refractivity contribution in [1.82, 2.24) is 9.97 Å². The lowest BCUT2D eigenvalue weighted by Crippen LogP contribution is -2.40. The van der Waals surface area contributed by atoms with Crippen LogP contribution in [-0.4, -0.2) is 48.7 Å². The fourth-order valence-electron chi connectivity index (χ4n) is 3.53. The van der Waals surface area contributed by atoms with Gasteiger partial charge < -0.3 is 19.7 Å². The van der Waals surface area contributed by atoms with Gasteiger partial charge in [-0.25, -0.2) is 9.97 Å². The Morgan fingerprint density at radius 3 is 3.00 bits per heavy atom. The number of aromatic nitrogens is 2. The number of hydrogen-bond acceptors (Lipinski definition) is 9. The van der Waals surface area contributed by atoms with Crippen molar-refractivity contribution in [3.8, 4) is 5.75 Å². The number of carbonyl (C=O) groups is 2. The first-order chi connectivity index (χ1) is 15.1. The van der Waals surface area contributed by atoms with Gasteiger partial charge >= 0.3 is 5.97 Å². The Bertz CT molecular complexity index is 1080. The van der Waals surface area contributed by atoms with Gasteiger partial charge in [0.05, 0.1) is 42.0 Å². The van der Waals surface area contributed by atoms with Crippen LogP contribution in [0.15, 0.2) is 23.6 Å². The molecule has 10 heteroatoms. The standard InChI is InChI=1S/C21H24N4O4S2/c1-3-29-18(26)9-14-12-30-20(22-14)24-19(27)13-5-4-8-25(11-13)21-23-16-7-6-15(28-2)10-17(16)31-21/h6-7,10,12-13H,3-5,8-9,11H2,1-2H3,(H,22,24,27). The molecule has 0 spiro atoms. The maximum absolute atomic E-state index is 12.8. The fourth-order valence-corrected chi connectivity index (χ4v) is 5.27. The molecule has 8 nitrogen and oxygen atoms in total. The summed E-state index contributed by atoms with van der Waals surface area (Å²) in [5.41, 5.74) is 1.54. The summed E-state index contributed by atoms with van der Waals surface area (Å²) in [6.07, 6.45) is 1.85. The van der Waals surface area contributed by atoms with Crippen molar-refractivity contribution in [2.45, 2.75) is 26.2 Å². The summed E-state index contributed by atoms with van der Waals surface area (Å²) in [7, 11) is 1.65. The van der Waals surface area contributed by atoms with Crippen LogP contribution >= 0.6 is 22.7 Å². The van der Waals surface area contributed by atoms with Crippen molar-refractivity contribution in [2.75, 3.05) is 37.0 Å². The minimum absolute atomic E-state index is 0.0514. The number of nitrogens with one attached hydrogen (secondary N) is 1. The second-order valence-corrected chi connectivity index (χ2v) is 9.10. The van der Waals surface area contributed by atoms with Gasteiger partial charge in [-0.1, -0.05) is 11.3 Å². The van der Waals surface area contributed by atoms with Gasteiger partial charge in [0.15, 0.2) is 10.3 Å². The lowest BCUT2D eigenvalue weighted by molar-refractivity contribution is -0.142. The van der Waals surface area contributed by atoms with Crippen molar-refractivity contribution in [1.29, 1.82) is 0 Å². The molecule has 1 aromatic carbocycles. The molecule has 1 fully saturated rings. The fraction of sp³-hybridized carbons (Fsp3) is 0.429. The summed E-state index contributed by atoms with van der Waals surface area (Å²) in [6, 6.07) is 5.85. The second-order valence-electron chi connectivity index (χ2n) is 7.23. The first-order valence-electron chi connectivity index (χ1n) is 10.2. The Kier molecular flexibility index (Phi) is 6.67. The number of hydrogen-bond donors (Lipinski definition) is 1. The van der Waals surface area contributed by atoms with E-state index in [9.17, 15) is 9.59 Å². The van der Waals surface area contributed by atoms with Crippen molar-refractivity contribution in [2.24, 2.45) is 5.92 Å². The Hall–Kier alpha value is -2.72. The number of rotatable bonds is 7. The highest BCUT2D eigenvalue weighted by molar-refractivity contribution is 7.22. The molecule has 3 heterocycles. The predicted molar refractivity (Wildman–Crippen MR) is 122 cm³/mol. The predicted octanol–water partition coefficient (Wildman–Crippen LogP) is 3.72. The molecule has 0 bridgehead atoms. The van der Waals surface area contributed by atoms with Gasteiger partial charge in [-0.15, -0.1) is 11.3 Å². The average molecular weight is 461 g/mol. The zero-order valence-electron chi connectivity index (χ0n) is 17.4. The SMILES string of the molecule is CCOC(=O)Cc1csc(NC(=O)C2CCCN(c3nc4ccc(OC)cc4s3)C2)n1. The Morgan fingerprint density at radius 2 is 2.19 bits per heavy atom. The van der Waals surface area contributed by atoms with E-state index in [2.05, 4.69) is 15.2 Å². The third-order valence-electron chi connectivity index (χ3n) is 5.06. The molecule has 3 aromatic rings. The van der Waals surface area contributed by atoms with E-state index in [1.165, 1.54) is 11.3 Å². The van der Waals surface area contributed by atoms with E-state index in [1.807, 2.05) is 18.2 Å². The monoisotopic (exact) mass is 460 g/mol. The quantitative estimate of drug-likeness (QED) is 0.537.